The van der Waals surface area contributed by atoms with Crippen LogP contribution in [0, 0.1) is 0 Å². The molecule has 0 aromatic heterocycles. The molecule has 2 rings (SSSR count). The molecule has 5 heteroatoms. The van der Waals surface area contributed by atoms with E-state index in [9.17, 15) is 4.79 Å². The zero-order chi connectivity index (χ0) is 13.2. The molecule has 0 saturated carbocycles. The van der Waals surface area contributed by atoms with Crippen LogP contribution in [0.25, 0.3) is 0 Å². The van der Waals surface area contributed by atoms with Crippen molar-refractivity contribution in [1.82, 2.24) is 15.1 Å². The maximum Gasteiger partial charge on any atom is 0.232 e. The number of nitrogens with one attached hydrogen (secondary N) is 1. The summed E-state index contributed by atoms with van der Waals surface area (Å²) >= 11 is 1.74. The molecule has 0 spiro atoms. The summed E-state index contributed by atoms with van der Waals surface area (Å²) in [6.07, 6.45) is 0. The summed E-state index contributed by atoms with van der Waals surface area (Å²) in [5.41, 5.74) is 0. The van der Waals surface area contributed by atoms with Crippen LogP contribution >= 0.6 is 11.8 Å². The Balaban J connectivity index is 1.70. The number of carbonyl (C=O) groups is 1. The molecule has 2 aliphatic rings. The average Bonchev–Trinajstić information content (AvgIpc) is 2.23. The van der Waals surface area contributed by atoms with Crippen LogP contribution in [0.5, 0.6) is 0 Å². The van der Waals surface area contributed by atoms with E-state index < -0.39 is 0 Å². The lowest BCUT2D eigenvalue weighted by Crippen LogP contribution is -2.62. The van der Waals surface area contributed by atoms with Gasteiger partial charge in [0.2, 0.25) is 5.91 Å². The highest BCUT2D eigenvalue weighted by Crippen LogP contribution is 2.23. The second-order valence-corrected chi connectivity index (χ2v) is 7.93. The molecule has 0 unspecified atom stereocenters. The predicted octanol–water partition coefficient (Wildman–Crippen LogP) is 0.634. The number of hydrogen-bond donors (Lipinski definition) is 1. The van der Waals surface area contributed by atoms with Gasteiger partial charge in [-0.1, -0.05) is 20.8 Å². The van der Waals surface area contributed by atoms with E-state index in [0.29, 0.717) is 17.7 Å². The molecule has 0 bridgehead atoms. The SMILES string of the molecule is CC(C)(C)SCC(=O)N1CCN(C2CNC2)CC1. The monoisotopic (exact) mass is 271 g/mol. The summed E-state index contributed by atoms with van der Waals surface area (Å²) in [6, 6.07) is 0.714. The number of nitrogens with zero attached hydrogens (tertiary/aromatic N) is 2. The van der Waals surface area contributed by atoms with Crippen LogP contribution in [-0.2, 0) is 4.79 Å². The molecule has 0 aliphatic carbocycles. The van der Waals surface area contributed by atoms with Crippen molar-refractivity contribution in [3.8, 4) is 0 Å². The van der Waals surface area contributed by atoms with Crippen molar-refractivity contribution in [2.24, 2.45) is 0 Å². The summed E-state index contributed by atoms with van der Waals surface area (Å²) in [6.45, 7) is 12.6. The lowest BCUT2D eigenvalue weighted by Gasteiger charge is -2.43. The largest absolute Gasteiger partial charge is 0.339 e. The van der Waals surface area contributed by atoms with Crippen molar-refractivity contribution in [1.29, 1.82) is 0 Å². The Morgan fingerprint density at radius 1 is 1.22 bits per heavy atom. The Kier molecular flexibility index (Phi) is 4.56. The summed E-state index contributed by atoms with van der Waals surface area (Å²) in [4.78, 5) is 16.6. The van der Waals surface area contributed by atoms with Gasteiger partial charge in [-0.25, -0.2) is 0 Å². The quantitative estimate of drug-likeness (QED) is 0.817. The summed E-state index contributed by atoms with van der Waals surface area (Å²) in [7, 11) is 0. The van der Waals surface area contributed by atoms with Gasteiger partial charge in [0.15, 0.2) is 0 Å². The van der Waals surface area contributed by atoms with Crippen LogP contribution < -0.4 is 5.32 Å². The van der Waals surface area contributed by atoms with Gasteiger partial charge in [-0.2, -0.15) is 0 Å². The molecule has 2 heterocycles. The highest BCUT2D eigenvalue weighted by atomic mass is 32.2. The molecule has 2 aliphatic heterocycles. The third-order valence-electron chi connectivity index (χ3n) is 3.57. The molecule has 1 N–H and O–H groups in total. The van der Waals surface area contributed by atoms with Crippen LogP contribution in [0.4, 0.5) is 0 Å². The van der Waals surface area contributed by atoms with E-state index in [-0.39, 0.29) is 4.75 Å². The smallest absolute Gasteiger partial charge is 0.232 e. The minimum absolute atomic E-state index is 0.176. The maximum absolute atomic E-state index is 12.1. The maximum atomic E-state index is 12.1. The Morgan fingerprint density at radius 3 is 2.28 bits per heavy atom. The van der Waals surface area contributed by atoms with Crippen molar-refractivity contribution in [2.45, 2.75) is 31.6 Å². The second-order valence-electron chi connectivity index (χ2n) is 6.13. The first kappa shape index (κ1) is 14.2. The van der Waals surface area contributed by atoms with Crippen molar-refractivity contribution < 1.29 is 4.79 Å². The van der Waals surface area contributed by atoms with Gasteiger partial charge in [0, 0.05) is 50.1 Å². The normalized spacial score (nSPS) is 22.9. The first-order chi connectivity index (χ1) is 8.46. The fourth-order valence-electron chi connectivity index (χ4n) is 2.24. The molecule has 18 heavy (non-hydrogen) atoms. The third-order valence-corrected chi connectivity index (χ3v) is 4.83. The van der Waals surface area contributed by atoms with E-state index in [1.807, 2.05) is 4.90 Å². The minimum atomic E-state index is 0.176. The van der Waals surface area contributed by atoms with Gasteiger partial charge in [0.25, 0.3) is 0 Å². The van der Waals surface area contributed by atoms with Gasteiger partial charge in [-0.15, -0.1) is 11.8 Å². The molecule has 0 atom stereocenters. The predicted molar refractivity (Wildman–Crippen MR) is 77.0 cm³/mol. The van der Waals surface area contributed by atoms with E-state index in [4.69, 9.17) is 0 Å². The van der Waals surface area contributed by atoms with Crippen LogP contribution in [-0.4, -0.2) is 71.5 Å². The fourth-order valence-corrected chi connectivity index (χ4v) is 2.98. The van der Waals surface area contributed by atoms with E-state index in [2.05, 4.69) is 31.0 Å². The number of piperazine rings is 1. The number of hydrogen-bond acceptors (Lipinski definition) is 4. The number of amides is 1. The molecule has 0 radical (unpaired) electrons. The first-order valence-electron chi connectivity index (χ1n) is 6.82. The minimum Gasteiger partial charge on any atom is -0.339 e. The van der Waals surface area contributed by atoms with E-state index in [0.717, 1.165) is 39.3 Å². The van der Waals surface area contributed by atoms with E-state index in [1.165, 1.54) is 0 Å². The zero-order valence-corrected chi connectivity index (χ0v) is 12.6. The molecule has 0 aromatic carbocycles. The van der Waals surface area contributed by atoms with Crippen LogP contribution in [0.15, 0.2) is 0 Å². The topological polar surface area (TPSA) is 35.6 Å². The number of rotatable bonds is 3. The van der Waals surface area contributed by atoms with Gasteiger partial charge in [0.05, 0.1) is 5.75 Å². The van der Waals surface area contributed by atoms with Crippen LogP contribution in [0.1, 0.15) is 20.8 Å². The second kappa shape index (κ2) is 5.80. The van der Waals surface area contributed by atoms with Crippen molar-refractivity contribution in [3.05, 3.63) is 0 Å². The highest BCUT2D eigenvalue weighted by Gasteiger charge is 2.29. The summed E-state index contributed by atoms with van der Waals surface area (Å²) in [5.74, 6) is 0.926. The molecule has 0 aromatic rings. The van der Waals surface area contributed by atoms with Crippen molar-refractivity contribution in [3.63, 3.8) is 0 Å². The van der Waals surface area contributed by atoms with Crippen molar-refractivity contribution in [2.75, 3.05) is 45.0 Å². The molecule has 2 saturated heterocycles. The Bertz CT molecular complexity index is 291. The lowest BCUT2D eigenvalue weighted by atomic mass is 10.1. The van der Waals surface area contributed by atoms with E-state index >= 15 is 0 Å². The fraction of sp³-hybridized carbons (Fsp3) is 0.923. The van der Waals surface area contributed by atoms with Gasteiger partial charge in [-0.3, -0.25) is 9.69 Å². The van der Waals surface area contributed by atoms with Gasteiger partial charge in [-0.05, 0) is 0 Å². The number of thioether (sulfide) groups is 1. The molecule has 104 valence electrons. The molecular formula is C13H25N3OS. The van der Waals surface area contributed by atoms with Gasteiger partial charge < -0.3 is 10.2 Å². The number of carbonyl (C=O) groups excluding carboxylic acids is 1. The standard InChI is InChI=1S/C13H25N3OS/c1-13(2,3)18-10-12(17)16-6-4-15(5-7-16)11-8-14-9-11/h11,14H,4-10H2,1-3H3. The van der Waals surface area contributed by atoms with Gasteiger partial charge in [0.1, 0.15) is 0 Å². The summed E-state index contributed by atoms with van der Waals surface area (Å²) < 4.78 is 0.176. The van der Waals surface area contributed by atoms with Gasteiger partial charge >= 0.3 is 0 Å². The zero-order valence-electron chi connectivity index (χ0n) is 11.7. The Labute approximate surface area is 114 Å². The van der Waals surface area contributed by atoms with Crippen molar-refractivity contribution >= 4 is 17.7 Å². The first-order valence-corrected chi connectivity index (χ1v) is 7.81. The lowest BCUT2D eigenvalue weighted by molar-refractivity contribution is -0.130. The molecular weight excluding hydrogens is 246 g/mol. The Hall–Kier alpha value is -0.260. The molecule has 4 nitrogen and oxygen atoms in total. The van der Waals surface area contributed by atoms with Crippen LogP contribution in [0.2, 0.25) is 0 Å². The average molecular weight is 271 g/mol. The molecule has 2 fully saturated rings. The van der Waals surface area contributed by atoms with E-state index in [1.54, 1.807) is 11.8 Å². The molecule has 1 amide bonds. The summed E-state index contributed by atoms with van der Waals surface area (Å²) in [5, 5.41) is 3.30. The highest BCUT2D eigenvalue weighted by molar-refractivity contribution is 8.01. The van der Waals surface area contributed by atoms with Crippen LogP contribution in [0.3, 0.4) is 0 Å². The third kappa shape index (κ3) is 3.87. The Morgan fingerprint density at radius 2 is 1.83 bits per heavy atom.